The monoisotopic (exact) mass is 562 g/mol. The van der Waals surface area contributed by atoms with Gasteiger partial charge < -0.3 is 33.7 Å². The fourth-order valence-electron chi connectivity index (χ4n) is 6.32. The van der Waals surface area contributed by atoms with E-state index in [1.54, 1.807) is 12.0 Å². The van der Waals surface area contributed by atoms with Gasteiger partial charge in [-0.05, 0) is 97.8 Å². The van der Waals surface area contributed by atoms with E-state index < -0.39 is 5.60 Å². The van der Waals surface area contributed by atoms with Crippen LogP contribution in [-0.4, -0.2) is 79.0 Å². The van der Waals surface area contributed by atoms with Gasteiger partial charge in [-0.1, -0.05) is 0 Å². The number of carbonyl (C=O) groups excluding carboxylic acids is 1. The molecule has 220 valence electrons. The van der Waals surface area contributed by atoms with Crippen LogP contribution in [0.1, 0.15) is 52.2 Å². The van der Waals surface area contributed by atoms with Crippen molar-refractivity contribution < 1.29 is 23.4 Å². The topological polar surface area (TPSA) is 89.3 Å². The zero-order valence-electron chi connectivity index (χ0n) is 25.1. The highest BCUT2D eigenvalue weighted by Gasteiger charge is 2.55. The summed E-state index contributed by atoms with van der Waals surface area (Å²) in [5.41, 5.74) is 2.29. The lowest BCUT2D eigenvalue weighted by atomic mass is 9.62. The molecule has 4 heterocycles. The zero-order valence-corrected chi connectivity index (χ0v) is 25.1. The summed E-state index contributed by atoms with van der Waals surface area (Å²) in [6, 6.07) is 10.4. The van der Waals surface area contributed by atoms with Crippen molar-refractivity contribution in [3.63, 3.8) is 0 Å². The number of methoxy groups -OCH3 is 1. The Bertz CT molecular complexity index is 1420. The number of pyridine rings is 1. The Balaban J connectivity index is 1.21. The van der Waals surface area contributed by atoms with Crippen molar-refractivity contribution in [2.75, 3.05) is 45.7 Å². The molecule has 1 N–H and O–H groups in total. The van der Waals surface area contributed by atoms with Gasteiger partial charge in [-0.3, -0.25) is 0 Å². The molecule has 1 aliphatic carbocycles. The Morgan fingerprint density at radius 1 is 1.10 bits per heavy atom. The highest BCUT2D eigenvalue weighted by Crippen LogP contribution is 2.51. The molecule has 3 aliphatic rings. The fourth-order valence-corrected chi connectivity index (χ4v) is 6.32. The molecule has 1 saturated carbocycles. The van der Waals surface area contributed by atoms with E-state index in [-0.39, 0.29) is 17.6 Å². The highest BCUT2D eigenvalue weighted by molar-refractivity contribution is 5.95. The van der Waals surface area contributed by atoms with E-state index in [1.165, 1.54) is 0 Å². The van der Waals surface area contributed by atoms with Crippen LogP contribution in [0.25, 0.3) is 22.4 Å². The first-order valence-electron chi connectivity index (χ1n) is 14.7. The van der Waals surface area contributed by atoms with Crippen molar-refractivity contribution in [3.05, 3.63) is 36.1 Å². The molecule has 9 nitrogen and oxygen atoms in total. The lowest BCUT2D eigenvalue weighted by molar-refractivity contribution is -0.117. The Hall–Kier alpha value is -3.46. The number of rotatable bonds is 6. The number of likely N-dealkylation sites (tertiary alicyclic amines) is 2. The smallest absolute Gasteiger partial charge is 0.410 e. The summed E-state index contributed by atoms with van der Waals surface area (Å²) in [5, 5.41) is 4.80. The zero-order chi connectivity index (χ0) is 28.9. The number of hydrogen-bond acceptors (Lipinski definition) is 8. The van der Waals surface area contributed by atoms with E-state index in [1.807, 2.05) is 52.0 Å². The molecule has 2 saturated heterocycles. The van der Waals surface area contributed by atoms with Crippen LogP contribution in [0.4, 0.5) is 10.5 Å². The van der Waals surface area contributed by atoms with Gasteiger partial charge in [-0.2, -0.15) is 0 Å². The predicted molar refractivity (Wildman–Crippen MR) is 159 cm³/mol. The van der Waals surface area contributed by atoms with Crippen molar-refractivity contribution in [2.45, 2.75) is 71.1 Å². The van der Waals surface area contributed by atoms with Crippen molar-refractivity contribution in [3.8, 4) is 23.0 Å². The van der Waals surface area contributed by atoms with Gasteiger partial charge in [0.1, 0.15) is 23.2 Å². The normalized spacial score (nSPS) is 19.6. The number of nitrogens with one attached hydrogen (secondary N) is 1. The minimum atomic E-state index is -0.482. The first-order valence-corrected chi connectivity index (χ1v) is 14.7. The standard InChI is InChI=1S/C32H42N4O5/c1-20-7-8-27(39-20)26-14-24(33-21-9-11-35(5)12-10-21)23-13-28(38-6)29(15-25(23)34-26)40-22-16-32(17-22)18-36(19-32)30(37)41-31(2,3)4/h7-8,13-15,21-22H,9-12,16-19H2,1-6H3,(H,33,34). The molecular formula is C32H42N4O5. The molecule has 3 aromatic rings. The van der Waals surface area contributed by atoms with Gasteiger partial charge in [0.15, 0.2) is 17.3 Å². The molecule has 3 fully saturated rings. The molecule has 6 rings (SSSR count). The first kappa shape index (κ1) is 27.7. The van der Waals surface area contributed by atoms with Gasteiger partial charge in [0, 0.05) is 41.7 Å². The molecule has 0 atom stereocenters. The summed E-state index contributed by atoms with van der Waals surface area (Å²) >= 11 is 0. The third-order valence-electron chi connectivity index (χ3n) is 8.48. The van der Waals surface area contributed by atoms with Gasteiger partial charge in [-0.15, -0.1) is 0 Å². The molecule has 0 radical (unpaired) electrons. The summed E-state index contributed by atoms with van der Waals surface area (Å²) in [6.07, 6.45) is 3.80. The molecule has 9 heteroatoms. The second-order valence-corrected chi connectivity index (χ2v) is 13.2. The number of ether oxygens (including phenoxy) is 3. The van der Waals surface area contributed by atoms with Crippen LogP contribution < -0.4 is 14.8 Å². The number of piperidine rings is 1. The Kier molecular flexibility index (Phi) is 7.04. The Morgan fingerprint density at radius 3 is 2.46 bits per heavy atom. The summed E-state index contributed by atoms with van der Waals surface area (Å²) in [6.45, 7) is 11.2. The second kappa shape index (κ2) is 10.4. The number of benzene rings is 1. The minimum absolute atomic E-state index is 0.0647. The van der Waals surface area contributed by atoms with Crippen LogP contribution in [0.15, 0.2) is 34.7 Å². The third-order valence-corrected chi connectivity index (χ3v) is 8.48. The molecule has 0 unspecified atom stereocenters. The summed E-state index contributed by atoms with van der Waals surface area (Å²) in [7, 11) is 3.85. The molecule has 1 amide bonds. The lowest BCUT2D eigenvalue weighted by Gasteiger charge is -2.58. The van der Waals surface area contributed by atoms with Crippen molar-refractivity contribution in [1.29, 1.82) is 0 Å². The van der Waals surface area contributed by atoms with Crippen LogP contribution in [0, 0.1) is 12.3 Å². The van der Waals surface area contributed by atoms with E-state index in [9.17, 15) is 4.79 Å². The van der Waals surface area contributed by atoms with Gasteiger partial charge >= 0.3 is 6.09 Å². The van der Waals surface area contributed by atoms with E-state index in [0.717, 1.165) is 85.7 Å². The number of nitrogens with zero attached hydrogens (tertiary/aromatic N) is 3. The predicted octanol–water partition coefficient (Wildman–Crippen LogP) is 6.10. The average Bonchev–Trinajstić information content (AvgIpc) is 3.30. The van der Waals surface area contributed by atoms with Crippen molar-refractivity contribution in [1.82, 2.24) is 14.8 Å². The van der Waals surface area contributed by atoms with Gasteiger partial charge in [0.25, 0.3) is 0 Å². The van der Waals surface area contributed by atoms with Gasteiger partial charge in [-0.25, -0.2) is 9.78 Å². The van der Waals surface area contributed by atoms with Crippen LogP contribution in [-0.2, 0) is 4.74 Å². The number of aromatic nitrogens is 1. The van der Waals surface area contributed by atoms with Crippen molar-refractivity contribution >= 4 is 22.7 Å². The maximum Gasteiger partial charge on any atom is 0.410 e. The van der Waals surface area contributed by atoms with Crippen LogP contribution in [0.3, 0.4) is 0 Å². The number of fused-ring (bicyclic) bond motifs is 1. The number of anilines is 1. The van der Waals surface area contributed by atoms with Gasteiger partial charge in [0.05, 0.1) is 12.6 Å². The average molecular weight is 563 g/mol. The molecule has 1 aromatic carbocycles. The Labute approximate surface area is 242 Å². The van der Waals surface area contributed by atoms with Crippen LogP contribution in [0.5, 0.6) is 11.5 Å². The van der Waals surface area contributed by atoms with Crippen LogP contribution >= 0.6 is 0 Å². The quantitative estimate of drug-likeness (QED) is 0.386. The third kappa shape index (κ3) is 5.82. The second-order valence-electron chi connectivity index (χ2n) is 13.2. The molecule has 2 aromatic heterocycles. The van der Waals surface area contributed by atoms with E-state index in [0.29, 0.717) is 17.5 Å². The van der Waals surface area contributed by atoms with Crippen molar-refractivity contribution in [2.24, 2.45) is 5.41 Å². The van der Waals surface area contributed by atoms with E-state index in [4.69, 9.17) is 23.6 Å². The number of aryl methyl sites for hydroxylation is 1. The van der Waals surface area contributed by atoms with E-state index in [2.05, 4.69) is 23.3 Å². The number of amides is 1. The summed E-state index contributed by atoms with van der Waals surface area (Å²) < 4.78 is 23.8. The molecule has 1 spiro atoms. The summed E-state index contributed by atoms with van der Waals surface area (Å²) in [4.78, 5) is 21.5. The fraction of sp³-hybridized carbons (Fsp3) is 0.562. The van der Waals surface area contributed by atoms with E-state index >= 15 is 0 Å². The molecule has 41 heavy (non-hydrogen) atoms. The maximum absolute atomic E-state index is 12.4. The summed E-state index contributed by atoms with van der Waals surface area (Å²) in [5.74, 6) is 2.98. The number of hydrogen-bond donors (Lipinski definition) is 1. The number of carbonyl (C=O) groups is 1. The molecular weight excluding hydrogens is 520 g/mol. The Morgan fingerprint density at radius 2 is 1.83 bits per heavy atom. The SMILES string of the molecule is COc1cc2c(NC3CCN(C)CC3)cc(-c3ccc(C)o3)nc2cc1OC1CC2(C1)CN(C(=O)OC(C)(C)C)C2. The highest BCUT2D eigenvalue weighted by atomic mass is 16.6. The number of furan rings is 1. The molecule has 2 aliphatic heterocycles. The largest absolute Gasteiger partial charge is 0.493 e. The maximum atomic E-state index is 12.4. The minimum Gasteiger partial charge on any atom is -0.493 e. The van der Waals surface area contributed by atoms with Gasteiger partial charge in [0.2, 0.25) is 0 Å². The lowest BCUT2D eigenvalue weighted by Crippen LogP contribution is -2.66. The van der Waals surface area contributed by atoms with Crippen LogP contribution in [0.2, 0.25) is 0 Å². The molecule has 0 bridgehead atoms. The first-order chi connectivity index (χ1) is 19.5.